The Morgan fingerprint density at radius 3 is 2.62 bits per heavy atom. The normalized spacial score (nSPS) is 10.3. The molecule has 0 unspecified atom stereocenters. The van der Waals surface area contributed by atoms with Crippen molar-refractivity contribution < 1.29 is 0 Å². The Bertz CT molecular complexity index is 443. The molecule has 0 bridgehead atoms. The highest BCUT2D eigenvalue weighted by atomic mass is 32.2. The van der Waals surface area contributed by atoms with Crippen molar-refractivity contribution in [3.63, 3.8) is 0 Å². The third-order valence-electron chi connectivity index (χ3n) is 2.29. The van der Waals surface area contributed by atoms with Crippen LogP contribution < -0.4 is 5.73 Å². The molecule has 0 aliphatic carbocycles. The van der Waals surface area contributed by atoms with Gasteiger partial charge in [-0.1, -0.05) is 12.1 Å². The van der Waals surface area contributed by atoms with Gasteiger partial charge in [0.2, 0.25) is 0 Å². The van der Waals surface area contributed by atoms with Crippen LogP contribution in [0.3, 0.4) is 0 Å². The second-order valence-electron chi connectivity index (χ2n) is 3.50. The highest BCUT2D eigenvalue weighted by Crippen LogP contribution is 2.23. The predicted octanol–water partition coefficient (Wildman–Crippen LogP) is 2.83. The lowest BCUT2D eigenvalue weighted by atomic mass is 10.2. The summed E-state index contributed by atoms with van der Waals surface area (Å²) in [5.74, 6) is 0.969. The molecule has 1 heterocycles. The standard InChI is InChI=1S/C13H14N2S/c14-9-12-2-1-3-13(8-12)16-10-11-4-6-15-7-5-11/h1-8H,9-10,14H2. The number of pyridine rings is 1. The Morgan fingerprint density at radius 1 is 1.06 bits per heavy atom. The van der Waals surface area contributed by atoms with Gasteiger partial charge in [0.1, 0.15) is 0 Å². The number of aromatic nitrogens is 1. The van der Waals surface area contributed by atoms with Crippen molar-refractivity contribution in [3.8, 4) is 0 Å². The van der Waals surface area contributed by atoms with Crippen LogP contribution in [0.4, 0.5) is 0 Å². The molecule has 1 aromatic heterocycles. The third-order valence-corrected chi connectivity index (χ3v) is 3.35. The summed E-state index contributed by atoms with van der Waals surface area (Å²) in [4.78, 5) is 5.27. The fourth-order valence-electron chi connectivity index (χ4n) is 1.41. The molecule has 0 aliphatic heterocycles. The van der Waals surface area contributed by atoms with Crippen LogP contribution in [0.5, 0.6) is 0 Å². The van der Waals surface area contributed by atoms with Gasteiger partial charge in [-0.05, 0) is 35.4 Å². The van der Waals surface area contributed by atoms with Crippen molar-refractivity contribution in [1.82, 2.24) is 4.98 Å². The van der Waals surface area contributed by atoms with Gasteiger partial charge in [-0.3, -0.25) is 4.98 Å². The van der Waals surface area contributed by atoms with Crippen LogP contribution in [0.15, 0.2) is 53.7 Å². The minimum atomic E-state index is 0.601. The lowest BCUT2D eigenvalue weighted by Gasteiger charge is -2.03. The van der Waals surface area contributed by atoms with E-state index < -0.39 is 0 Å². The topological polar surface area (TPSA) is 38.9 Å². The van der Waals surface area contributed by atoms with E-state index >= 15 is 0 Å². The van der Waals surface area contributed by atoms with Crippen molar-refractivity contribution in [3.05, 3.63) is 59.9 Å². The van der Waals surface area contributed by atoms with Crippen LogP contribution >= 0.6 is 11.8 Å². The molecule has 82 valence electrons. The predicted molar refractivity (Wildman–Crippen MR) is 68.1 cm³/mol. The summed E-state index contributed by atoms with van der Waals surface area (Å²) >= 11 is 1.82. The second kappa shape index (κ2) is 5.68. The van der Waals surface area contributed by atoms with E-state index in [1.165, 1.54) is 16.0 Å². The van der Waals surface area contributed by atoms with Gasteiger partial charge in [0.05, 0.1) is 0 Å². The molecule has 3 heteroatoms. The van der Waals surface area contributed by atoms with Crippen LogP contribution in [-0.4, -0.2) is 4.98 Å². The van der Waals surface area contributed by atoms with Crippen molar-refractivity contribution in [1.29, 1.82) is 0 Å². The van der Waals surface area contributed by atoms with Gasteiger partial charge in [-0.15, -0.1) is 11.8 Å². The molecule has 0 spiro atoms. The number of thioether (sulfide) groups is 1. The Balaban J connectivity index is 1.99. The smallest absolute Gasteiger partial charge is 0.0270 e. The number of benzene rings is 1. The van der Waals surface area contributed by atoms with Crippen molar-refractivity contribution in [2.24, 2.45) is 5.73 Å². The molecule has 2 aromatic rings. The lowest BCUT2D eigenvalue weighted by Crippen LogP contribution is -1.95. The molecule has 16 heavy (non-hydrogen) atoms. The first-order valence-electron chi connectivity index (χ1n) is 5.19. The zero-order chi connectivity index (χ0) is 11.2. The minimum absolute atomic E-state index is 0.601. The molecule has 0 atom stereocenters. The Labute approximate surface area is 99.9 Å². The van der Waals surface area contributed by atoms with Crippen LogP contribution in [0.1, 0.15) is 11.1 Å². The SMILES string of the molecule is NCc1cccc(SCc2ccncc2)c1. The summed E-state index contributed by atoms with van der Waals surface area (Å²) in [5.41, 5.74) is 8.08. The molecule has 0 fully saturated rings. The van der Waals surface area contributed by atoms with Gasteiger partial charge in [-0.25, -0.2) is 0 Å². The number of nitrogens with zero attached hydrogens (tertiary/aromatic N) is 1. The molecule has 2 rings (SSSR count). The van der Waals surface area contributed by atoms with E-state index in [0.717, 1.165) is 5.75 Å². The minimum Gasteiger partial charge on any atom is -0.326 e. The van der Waals surface area contributed by atoms with Crippen LogP contribution in [0, 0.1) is 0 Å². The largest absolute Gasteiger partial charge is 0.326 e. The summed E-state index contributed by atoms with van der Waals surface area (Å²) in [7, 11) is 0. The van der Waals surface area contributed by atoms with E-state index in [1.54, 1.807) is 0 Å². The van der Waals surface area contributed by atoms with Crippen molar-refractivity contribution in [2.45, 2.75) is 17.2 Å². The maximum atomic E-state index is 5.61. The first-order valence-corrected chi connectivity index (χ1v) is 6.18. The van der Waals surface area contributed by atoms with Crippen LogP contribution in [0.2, 0.25) is 0 Å². The van der Waals surface area contributed by atoms with E-state index in [2.05, 4.69) is 29.2 Å². The van der Waals surface area contributed by atoms with Crippen molar-refractivity contribution >= 4 is 11.8 Å². The molecule has 0 saturated carbocycles. The van der Waals surface area contributed by atoms with Crippen molar-refractivity contribution in [2.75, 3.05) is 0 Å². The van der Waals surface area contributed by atoms with E-state index in [9.17, 15) is 0 Å². The van der Waals surface area contributed by atoms with Gasteiger partial charge >= 0.3 is 0 Å². The first-order chi connectivity index (χ1) is 7.88. The fourth-order valence-corrected chi connectivity index (χ4v) is 2.34. The summed E-state index contributed by atoms with van der Waals surface area (Å²) < 4.78 is 0. The maximum absolute atomic E-state index is 5.61. The lowest BCUT2D eigenvalue weighted by molar-refractivity contribution is 1.06. The number of rotatable bonds is 4. The highest BCUT2D eigenvalue weighted by Gasteiger charge is 1.97. The summed E-state index contributed by atoms with van der Waals surface area (Å²) in [6, 6.07) is 12.4. The fraction of sp³-hybridized carbons (Fsp3) is 0.154. The van der Waals surface area contributed by atoms with Crippen LogP contribution in [0.25, 0.3) is 0 Å². The quantitative estimate of drug-likeness (QED) is 0.821. The van der Waals surface area contributed by atoms with Gasteiger partial charge in [-0.2, -0.15) is 0 Å². The van der Waals surface area contributed by atoms with Gasteiger partial charge in [0.15, 0.2) is 0 Å². The summed E-state index contributed by atoms with van der Waals surface area (Å²) in [6.45, 7) is 0.601. The number of nitrogens with two attached hydrogens (primary N) is 1. The molecule has 2 N–H and O–H groups in total. The maximum Gasteiger partial charge on any atom is 0.0270 e. The van der Waals surface area contributed by atoms with E-state index in [4.69, 9.17) is 5.73 Å². The molecule has 0 saturated heterocycles. The first kappa shape index (κ1) is 11.2. The average Bonchev–Trinajstić information content (AvgIpc) is 2.38. The van der Waals surface area contributed by atoms with E-state index in [-0.39, 0.29) is 0 Å². The van der Waals surface area contributed by atoms with Crippen LogP contribution in [-0.2, 0) is 12.3 Å². The number of hydrogen-bond acceptors (Lipinski definition) is 3. The Kier molecular flexibility index (Phi) is 3.97. The van der Waals surface area contributed by atoms with Gasteiger partial charge < -0.3 is 5.73 Å². The van der Waals surface area contributed by atoms with Gasteiger partial charge in [0.25, 0.3) is 0 Å². The zero-order valence-electron chi connectivity index (χ0n) is 8.97. The third kappa shape index (κ3) is 3.08. The molecule has 0 aliphatic rings. The molecule has 1 aromatic carbocycles. The zero-order valence-corrected chi connectivity index (χ0v) is 9.78. The van der Waals surface area contributed by atoms with E-state index in [1.807, 2.05) is 36.3 Å². The monoisotopic (exact) mass is 230 g/mol. The Morgan fingerprint density at radius 2 is 1.88 bits per heavy atom. The highest BCUT2D eigenvalue weighted by molar-refractivity contribution is 7.98. The number of hydrogen-bond donors (Lipinski definition) is 1. The second-order valence-corrected chi connectivity index (χ2v) is 4.54. The van der Waals surface area contributed by atoms with Gasteiger partial charge in [0, 0.05) is 29.6 Å². The molecular formula is C13H14N2S. The molecule has 2 nitrogen and oxygen atoms in total. The molecular weight excluding hydrogens is 216 g/mol. The van der Waals surface area contributed by atoms with E-state index in [0.29, 0.717) is 6.54 Å². The summed E-state index contributed by atoms with van der Waals surface area (Å²) in [6.07, 6.45) is 3.65. The average molecular weight is 230 g/mol. The molecule has 0 radical (unpaired) electrons. The summed E-state index contributed by atoms with van der Waals surface area (Å²) in [5, 5.41) is 0. The molecule has 0 amide bonds. The Hall–Kier alpha value is -1.32.